The molecule has 2 aromatic rings. The molecule has 2 rings (SSSR count). The number of carbonyl (C=O) groups excluding carboxylic acids is 1. The number of amides is 1. The summed E-state index contributed by atoms with van der Waals surface area (Å²) in [6.07, 6.45) is 1.41. The first-order valence-electron chi connectivity index (χ1n) is 9.17. The van der Waals surface area contributed by atoms with Crippen LogP contribution in [0.15, 0.2) is 42.5 Å². The maximum absolute atomic E-state index is 13.1. The smallest absolute Gasteiger partial charge is 0.244 e. The number of halogens is 1. The monoisotopic (exact) mass is 406 g/mol. The molecule has 0 aromatic heterocycles. The predicted molar refractivity (Wildman–Crippen MR) is 110 cm³/mol. The summed E-state index contributed by atoms with van der Waals surface area (Å²) < 4.78 is 39.5. The van der Waals surface area contributed by atoms with Crippen molar-refractivity contribution in [3.05, 3.63) is 65.0 Å². The lowest BCUT2D eigenvalue weighted by atomic mass is 10.1. The largest absolute Gasteiger partial charge is 0.348 e. The van der Waals surface area contributed by atoms with Gasteiger partial charge in [-0.1, -0.05) is 31.2 Å². The second kappa shape index (κ2) is 8.73. The van der Waals surface area contributed by atoms with Gasteiger partial charge in [-0.05, 0) is 62.1 Å². The van der Waals surface area contributed by atoms with Crippen molar-refractivity contribution in [2.24, 2.45) is 0 Å². The minimum absolute atomic E-state index is 0.308. The van der Waals surface area contributed by atoms with Gasteiger partial charge in [-0.25, -0.2) is 12.8 Å². The molecule has 0 spiro atoms. The van der Waals surface area contributed by atoms with Crippen molar-refractivity contribution in [1.29, 1.82) is 0 Å². The van der Waals surface area contributed by atoms with Crippen LogP contribution in [0.1, 0.15) is 43.0 Å². The molecule has 2 aromatic carbocycles. The van der Waals surface area contributed by atoms with Crippen molar-refractivity contribution in [2.75, 3.05) is 10.6 Å². The quantitative estimate of drug-likeness (QED) is 0.759. The SMILES string of the molecule is CC[C@@H](C(=O)N[C@H](C)c1ccc(F)cc1)N(c1cc(C)ccc1C)S(C)(=O)=O. The molecule has 0 aliphatic rings. The molecular formula is C21H27FN2O3S. The van der Waals surface area contributed by atoms with Gasteiger partial charge in [-0.2, -0.15) is 0 Å². The van der Waals surface area contributed by atoms with Crippen LogP contribution >= 0.6 is 0 Å². The Labute approximate surface area is 166 Å². The third-order valence-electron chi connectivity index (χ3n) is 4.66. The van der Waals surface area contributed by atoms with E-state index in [1.54, 1.807) is 32.0 Å². The number of hydrogen-bond acceptors (Lipinski definition) is 3. The second-order valence-electron chi connectivity index (χ2n) is 7.05. The van der Waals surface area contributed by atoms with Crippen LogP contribution in [0.5, 0.6) is 0 Å². The first-order chi connectivity index (χ1) is 13.0. The van der Waals surface area contributed by atoms with Gasteiger partial charge in [0, 0.05) is 0 Å². The number of aryl methyl sites for hydroxylation is 2. The standard InChI is InChI=1S/C21H27FN2O3S/c1-6-19(21(25)23-16(4)17-9-11-18(22)12-10-17)24(28(5,26)27)20-13-14(2)7-8-15(20)3/h7-13,16,19H,6H2,1-5H3,(H,23,25)/t16-,19+/m1/s1. The zero-order valence-corrected chi connectivity index (χ0v) is 17.7. The molecule has 7 heteroatoms. The number of rotatable bonds is 7. The number of carbonyl (C=O) groups is 1. The Morgan fingerprint density at radius 3 is 2.29 bits per heavy atom. The first kappa shape index (κ1) is 21.9. The van der Waals surface area contributed by atoms with Crippen LogP contribution in [-0.2, 0) is 14.8 Å². The molecule has 0 bridgehead atoms. The van der Waals surface area contributed by atoms with E-state index in [9.17, 15) is 17.6 Å². The molecule has 0 aliphatic heterocycles. The van der Waals surface area contributed by atoms with Gasteiger partial charge in [-0.15, -0.1) is 0 Å². The summed E-state index contributed by atoms with van der Waals surface area (Å²) >= 11 is 0. The maximum Gasteiger partial charge on any atom is 0.244 e. The van der Waals surface area contributed by atoms with Crippen LogP contribution in [0.2, 0.25) is 0 Å². The Morgan fingerprint density at radius 2 is 1.75 bits per heavy atom. The van der Waals surface area contributed by atoms with Crippen LogP contribution in [0.3, 0.4) is 0 Å². The van der Waals surface area contributed by atoms with Crippen LogP contribution in [0, 0.1) is 19.7 Å². The molecule has 1 N–H and O–H groups in total. The Morgan fingerprint density at radius 1 is 1.14 bits per heavy atom. The molecule has 0 aliphatic carbocycles. The van der Waals surface area contributed by atoms with E-state index < -0.39 is 22.0 Å². The van der Waals surface area contributed by atoms with Crippen molar-refractivity contribution < 1.29 is 17.6 Å². The van der Waals surface area contributed by atoms with E-state index in [0.29, 0.717) is 12.1 Å². The lowest BCUT2D eigenvalue weighted by Gasteiger charge is -2.32. The molecule has 5 nitrogen and oxygen atoms in total. The highest BCUT2D eigenvalue weighted by Gasteiger charge is 2.33. The fraction of sp³-hybridized carbons (Fsp3) is 0.381. The summed E-state index contributed by atoms with van der Waals surface area (Å²) in [6, 6.07) is 10.1. The highest BCUT2D eigenvalue weighted by molar-refractivity contribution is 7.92. The minimum Gasteiger partial charge on any atom is -0.348 e. The summed E-state index contributed by atoms with van der Waals surface area (Å²) in [6.45, 7) is 7.25. The van der Waals surface area contributed by atoms with Crippen molar-refractivity contribution in [3.63, 3.8) is 0 Å². The van der Waals surface area contributed by atoms with Crippen molar-refractivity contribution in [3.8, 4) is 0 Å². The number of anilines is 1. The van der Waals surface area contributed by atoms with E-state index in [1.807, 2.05) is 26.0 Å². The number of nitrogens with zero attached hydrogens (tertiary/aromatic N) is 1. The van der Waals surface area contributed by atoms with Crippen molar-refractivity contribution in [1.82, 2.24) is 5.32 Å². The molecule has 0 fully saturated rings. The average Bonchev–Trinajstić information content (AvgIpc) is 2.61. The Hall–Kier alpha value is -2.41. The van der Waals surface area contributed by atoms with Gasteiger partial charge in [0.15, 0.2) is 0 Å². The van der Waals surface area contributed by atoms with Crippen LogP contribution < -0.4 is 9.62 Å². The van der Waals surface area contributed by atoms with Gasteiger partial charge in [0.1, 0.15) is 11.9 Å². The second-order valence-corrected chi connectivity index (χ2v) is 8.91. The van der Waals surface area contributed by atoms with Crippen LogP contribution in [-0.4, -0.2) is 26.6 Å². The Bertz CT molecular complexity index is 943. The molecular weight excluding hydrogens is 379 g/mol. The summed E-state index contributed by atoms with van der Waals surface area (Å²) in [5, 5.41) is 2.86. The van der Waals surface area contributed by atoms with Gasteiger partial charge < -0.3 is 5.32 Å². The van der Waals surface area contributed by atoms with E-state index >= 15 is 0 Å². The molecule has 0 saturated heterocycles. The van der Waals surface area contributed by atoms with Gasteiger partial charge in [0.05, 0.1) is 18.0 Å². The molecule has 0 saturated carbocycles. The van der Waals surface area contributed by atoms with Gasteiger partial charge in [-0.3, -0.25) is 9.10 Å². The number of hydrogen-bond donors (Lipinski definition) is 1. The lowest BCUT2D eigenvalue weighted by molar-refractivity contribution is -0.122. The van der Waals surface area contributed by atoms with Gasteiger partial charge in [0.2, 0.25) is 15.9 Å². The normalized spacial score (nSPS) is 13.6. The third kappa shape index (κ3) is 5.10. The van der Waals surface area contributed by atoms with E-state index in [-0.39, 0.29) is 11.9 Å². The predicted octanol–water partition coefficient (Wildman–Crippen LogP) is 3.86. The van der Waals surface area contributed by atoms with E-state index in [2.05, 4.69) is 5.32 Å². The average molecular weight is 407 g/mol. The minimum atomic E-state index is -3.70. The molecule has 0 heterocycles. The van der Waals surface area contributed by atoms with Gasteiger partial charge >= 0.3 is 0 Å². The number of benzene rings is 2. The Balaban J connectivity index is 2.36. The van der Waals surface area contributed by atoms with E-state index in [0.717, 1.165) is 22.9 Å². The highest BCUT2D eigenvalue weighted by atomic mass is 32.2. The maximum atomic E-state index is 13.1. The van der Waals surface area contributed by atoms with E-state index in [1.165, 1.54) is 16.4 Å². The van der Waals surface area contributed by atoms with Crippen LogP contribution in [0.4, 0.5) is 10.1 Å². The van der Waals surface area contributed by atoms with E-state index in [4.69, 9.17) is 0 Å². The van der Waals surface area contributed by atoms with Gasteiger partial charge in [0.25, 0.3) is 0 Å². The fourth-order valence-electron chi connectivity index (χ4n) is 3.14. The molecule has 28 heavy (non-hydrogen) atoms. The molecule has 0 unspecified atom stereocenters. The third-order valence-corrected chi connectivity index (χ3v) is 5.83. The number of nitrogens with one attached hydrogen (secondary N) is 1. The van der Waals surface area contributed by atoms with Crippen molar-refractivity contribution in [2.45, 2.75) is 46.2 Å². The molecule has 152 valence electrons. The van der Waals surface area contributed by atoms with Crippen molar-refractivity contribution >= 4 is 21.6 Å². The summed E-state index contributed by atoms with van der Waals surface area (Å²) in [5.41, 5.74) is 2.92. The Kier molecular flexibility index (Phi) is 6.82. The molecule has 0 radical (unpaired) electrons. The fourth-order valence-corrected chi connectivity index (χ4v) is 4.40. The topological polar surface area (TPSA) is 66.5 Å². The van der Waals surface area contributed by atoms with Crippen LogP contribution in [0.25, 0.3) is 0 Å². The summed E-state index contributed by atoms with van der Waals surface area (Å²) in [4.78, 5) is 13.0. The lowest BCUT2D eigenvalue weighted by Crippen LogP contribution is -2.50. The zero-order chi connectivity index (χ0) is 21.1. The first-order valence-corrected chi connectivity index (χ1v) is 11.0. The molecule has 1 amide bonds. The number of sulfonamides is 1. The molecule has 2 atom stereocenters. The highest BCUT2D eigenvalue weighted by Crippen LogP contribution is 2.28. The zero-order valence-electron chi connectivity index (χ0n) is 16.9. The summed E-state index contributed by atoms with van der Waals surface area (Å²) in [5.74, 6) is -0.752. The summed E-state index contributed by atoms with van der Waals surface area (Å²) in [7, 11) is -3.70.